The molecule has 4 unspecified atom stereocenters. The van der Waals surface area contributed by atoms with Gasteiger partial charge in [0.2, 0.25) is 0 Å². The van der Waals surface area contributed by atoms with E-state index < -0.39 is 25.3 Å². The van der Waals surface area contributed by atoms with Crippen molar-refractivity contribution >= 4 is 38.1 Å². The normalized spacial score (nSPS) is 26.9. The second-order valence-corrected chi connectivity index (χ2v) is 17.6. The Balaban J connectivity index is 0.000000970. The van der Waals surface area contributed by atoms with Crippen molar-refractivity contribution in [3.05, 3.63) is 66.1 Å². The van der Waals surface area contributed by atoms with Crippen LogP contribution < -0.4 is 4.90 Å². The molecule has 4 rings (SSSR count). The van der Waals surface area contributed by atoms with Gasteiger partial charge in [0, 0.05) is 19.8 Å². The first-order valence-corrected chi connectivity index (χ1v) is 19.2. The predicted octanol–water partition coefficient (Wildman–Crippen LogP) is 7.95. The van der Waals surface area contributed by atoms with Crippen LogP contribution in [0.5, 0.6) is 0 Å². The van der Waals surface area contributed by atoms with E-state index in [1.807, 2.05) is 0 Å². The molecule has 0 bridgehead atoms. The molecule has 8 heteroatoms. The van der Waals surface area contributed by atoms with E-state index >= 15 is 0 Å². The molecule has 1 saturated heterocycles. The van der Waals surface area contributed by atoms with Crippen LogP contribution >= 0.6 is 18.6 Å². The minimum absolute atomic E-state index is 0. The van der Waals surface area contributed by atoms with Crippen molar-refractivity contribution in [3.8, 4) is 0 Å². The number of fused-ring (bicyclic) bond motifs is 1. The van der Waals surface area contributed by atoms with Gasteiger partial charge in [-0.25, -0.2) is 0 Å². The summed E-state index contributed by atoms with van der Waals surface area (Å²) in [6.07, 6.45) is 8.55. The van der Waals surface area contributed by atoms with Crippen molar-refractivity contribution in [2.24, 2.45) is 23.7 Å². The van der Waals surface area contributed by atoms with Gasteiger partial charge in [-0.1, -0.05) is 57.3 Å². The summed E-state index contributed by atoms with van der Waals surface area (Å²) in [6.45, 7) is 12.4. The predicted molar refractivity (Wildman–Crippen MR) is 150 cm³/mol. The van der Waals surface area contributed by atoms with E-state index in [1.165, 1.54) is 17.7 Å². The minimum atomic E-state index is -1.70. The third-order valence-corrected chi connectivity index (χ3v) is 12.2. The molecule has 2 fully saturated rings. The molecule has 1 aromatic rings. The topological polar surface area (TPSA) is 34.7 Å². The van der Waals surface area contributed by atoms with Crippen molar-refractivity contribution in [3.63, 3.8) is 0 Å². The molecule has 34 heavy (non-hydrogen) atoms. The van der Waals surface area contributed by atoms with Gasteiger partial charge in [0.15, 0.2) is 0 Å². The number of halogens is 2. The fourth-order valence-corrected chi connectivity index (χ4v) is 10.3. The van der Waals surface area contributed by atoms with E-state index in [2.05, 4.69) is 104 Å². The van der Waals surface area contributed by atoms with E-state index in [9.17, 15) is 0 Å². The van der Waals surface area contributed by atoms with Crippen LogP contribution in [0.2, 0.25) is 18.6 Å². The maximum absolute atomic E-state index is 4.89. The molecular weight excluding hydrogens is 515 g/mol. The van der Waals surface area contributed by atoms with Crippen LogP contribution in [0.1, 0.15) is 25.8 Å². The zero-order valence-corrected chi connectivity index (χ0v) is 25.9. The average Bonchev–Trinajstić information content (AvgIpc) is 3.21. The molecule has 0 N–H and O–H groups in total. The van der Waals surface area contributed by atoms with Crippen LogP contribution in [-0.2, 0) is 17.0 Å². The monoisotopic (exact) mass is 555 g/mol. The average molecular weight is 557 g/mol. The van der Waals surface area contributed by atoms with Crippen LogP contribution in [0, 0.1) is 31.1 Å². The van der Waals surface area contributed by atoms with Gasteiger partial charge >= 0.3 is 35.6 Å². The van der Waals surface area contributed by atoms with Gasteiger partial charge in [-0.15, -0.1) is 13.3 Å². The summed E-state index contributed by atoms with van der Waals surface area (Å²) < 4.78 is 2.64. The molecule has 2 aliphatic carbocycles. The summed E-state index contributed by atoms with van der Waals surface area (Å²) in [5.74, 6) is 2.73. The van der Waals surface area contributed by atoms with E-state index in [0.29, 0.717) is 24.4 Å². The molecule has 0 amide bonds. The first kappa shape index (κ1) is 30.1. The molecule has 186 valence electrons. The first-order valence-electron chi connectivity index (χ1n) is 11.9. The van der Waals surface area contributed by atoms with E-state index in [1.54, 1.807) is 5.57 Å². The Morgan fingerprint density at radius 3 is 2.21 bits per heavy atom. The van der Waals surface area contributed by atoms with Gasteiger partial charge in [-0.2, -0.15) is 0 Å². The first-order chi connectivity index (χ1) is 15.7. The third kappa shape index (κ3) is 6.60. The van der Waals surface area contributed by atoms with Crippen LogP contribution in [0.15, 0.2) is 42.5 Å². The molecule has 0 aromatic heterocycles. The van der Waals surface area contributed by atoms with Gasteiger partial charge in [0.05, 0.1) is 0 Å². The summed E-state index contributed by atoms with van der Waals surface area (Å²) >= 11 is -0.556. The van der Waals surface area contributed by atoms with Crippen molar-refractivity contribution in [1.82, 2.24) is 4.57 Å². The molecule has 3 aliphatic rings. The maximum atomic E-state index is 4.89. The molecule has 1 heterocycles. The number of anilines is 1. The number of allylic oxidation sites excluding steroid dienone is 4. The summed E-state index contributed by atoms with van der Waals surface area (Å²) in [7, 11) is 12.3. The molecule has 4 nitrogen and oxygen atoms in total. The molecule has 1 aromatic carbocycles. The fourth-order valence-electron chi connectivity index (χ4n) is 6.10. The Morgan fingerprint density at radius 2 is 1.68 bits per heavy atom. The zero-order chi connectivity index (χ0) is 24.2. The van der Waals surface area contributed by atoms with E-state index in [4.69, 9.17) is 18.6 Å². The van der Waals surface area contributed by atoms with Gasteiger partial charge in [-0.3, -0.25) is 6.67 Å². The summed E-state index contributed by atoms with van der Waals surface area (Å²) in [6, 6.07) is 9.15. The van der Waals surface area contributed by atoms with Crippen LogP contribution in [-0.4, -0.2) is 46.9 Å². The zero-order valence-electron chi connectivity index (χ0n) is 21.8. The van der Waals surface area contributed by atoms with E-state index in [0.717, 1.165) is 24.8 Å². The number of hydrogen-bond acceptors (Lipinski definition) is 2. The number of benzene rings is 1. The molecule has 0 spiro atoms. The van der Waals surface area contributed by atoms with Crippen molar-refractivity contribution in [2.45, 2.75) is 38.9 Å². The summed E-state index contributed by atoms with van der Waals surface area (Å²) in [5, 5.41) is 9.23. The third-order valence-electron chi connectivity index (χ3n) is 7.82. The van der Waals surface area contributed by atoms with Gasteiger partial charge in [0.25, 0.3) is 0 Å². The van der Waals surface area contributed by atoms with Gasteiger partial charge in [-0.05, 0) is 58.9 Å². The molecule has 1 saturated carbocycles. The Hall–Kier alpha value is -0.109. The fraction of sp³-hybridized carbons (Fsp3) is 0.577. The second kappa shape index (κ2) is 13.4. The Bertz CT molecular complexity index is 823. The number of nitrogens with zero attached hydrogens (tertiary/aromatic N) is 4. The summed E-state index contributed by atoms with van der Waals surface area (Å²) in [5.41, 5.74) is 4.94. The molecule has 4 atom stereocenters. The van der Waals surface area contributed by atoms with Crippen molar-refractivity contribution in [1.29, 1.82) is 0 Å². The molecule has 1 aliphatic heterocycles. The molecular formula is C26H41Cl2N4SiTi+. The quantitative estimate of drug-likeness (QED) is 0.273. The number of hydrogen-bond donors (Lipinski definition) is 0. The SMILES string of the molecule is CC(C)C1CC2C(c3ccc(N(C)C)cc3)=CC=CC2C1[Si](C)(C)N1C[N-]C[N-]C1.[CH3-].[Cl][Ti+4][Cl]. The van der Waals surface area contributed by atoms with Crippen molar-refractivity contribution in [2.75, 3.05) is 39.0 Å². The Labute approximate surface area is 226 Å². The van der Waals surface area contributed by atoms with Crippen LogP contribution in [0.25, 0.3) is 16.2 Å². The Morgan fingerprint density at radius 1 is 1.09 bits per heavy atom. The van der Waals surface area contributed by atoms with Gasteiger partial charge < -0.3 is 27.5 Å². The number of rotatable bonds is 5. The standard InChI is InChI=1S/C25H38N4Si.CH3.2ClH.Ti/c1-18(2)23-14-24-21(19-10-12-20(13-11-19)28(3)4)8-7-9-22(24)25(23)30(5,6)29-16-26-15-27-17-29;;;;/h7-13,18,22-25H,14-17H2,1-6H3;1H3;2*1H;/q-2;-1;;;+6/p-2. The van der Waals surface area contributed by atoms with E-state index in [-0.39, 0.29) is 7.43 Å². The molecule has 0 radical (unpaired) electrons. The van der Waals surface area contributed by atoms with Gasteiger partial charge in [0.1, 0.15) is 8.24 Å². The van der Waals surface area contributed by atoms with Crippen LogP contribution in [0.4, 0.5) is 5.69 Å². The Kier molecular flexibility index (Phi) is 11.9. The van der Waals surface area contributed by atoms with Crippen molar-refractivity contribution < 1.29 is 17.0 Å². The van der Waals surface area contributed by atoms with Crippen LogP contribution in [0.3, 0.4) is 0 Å². The second-order valence-electron chi connectivity index (χ2n) is 10.4. The summed E-state index contributed by atoms with van der Waals surface area (Å²) in [4.78, 5) is 2.17.